The van der Waals surface area contributed by atoms with Crippen molar-refractivity contribution < 1.29 is 0 Å². The average molecular weight is 260 g/mol. The van der Waals surface area contributed by atoms with Crippen LogP contribution >= 0.6 is 0 Å². The highest BCUT2D eigenvalue weighted by atomic mass is 14.9. The van der Waals surface area contributed by atoms with Crippen LogP contribution in [0, 0.1) is 0 Å². The molecule has 0 aliphatic heterocycles. The lowest BCUT2D eigenvalue weighted by Gasteiger charge is -2.13. The van der Waals surface area contributed by atoms with Gasteiger partial charge < -0.3 is 5.32 Å². The lowest BCUT2D eigenvalue weighted by molar-refractivity contribution is 0.774. The summed E-state index contributed by atoms with van der Waals surface area (Å²) in [6, 6.07) is 19.6. The second-order valence-electron chi connectivity index (χ2n) is 5.43. The smallest absolute Gasteiger partial charge is 0.0703 e. The van der Waals surface area contributed by atoms with Crippen LogP contribution < -0.4 is 5.32 Å². The van der Waals surface area contributed by atoms with Crippen molar-refractivity contribution in [2.24, 2.45) is 0 Å². The average Bonchev–Trinajstić information content (AvgIpc) is 2.89. The first kappa shape index (κ1) is 11.5. The van der Waals surface area contributed by atoms with Crippen molar-refractivity contribution in [3.05, 3.63) is 71.9 Å². The van der Waals surface area contributed by atoms with E-state index in [-0.39, 0.29) is 0 Å². The molecule has 0 atom stereocenters. The van der Waals surface area contributed by atoms with Crippen molar-refractivity contribution in [3.63, 3.8) is 0 Å². The van der Waals surface area contributed by atoms with Crippen molar-refractivity contribution >= 4 is 16.6 Å². The van der Waals surface area contributed by atoms with Gasteiger partial charge in [-0.1, -0.05) is 42.5 Å². The Morgan fingerprint density at radius 3 is 2.40 bits per heavy atom. The fraction of sp³-hybridized carbons (Fsp3) is 0.167. The molecule has 0 radical (unpaired) electrons. The van der Waals surface area contributed by atoms with Gasteiger partial charge in [0.25, 0.3) is 0 Å². The fourth-order valence-electron chi connectivity index (χ4n) is 3.05. The third-order valence-electron chi connectivity index (χ3n) is 4.01. The molecule has 0 amide bonds. The Bertz CT molecular complexity index is 739. The molecule has 98 valence electrons. The Morgan fingerprint density at radius 1 is 0.900 bits per heavy atom. The maximum absolute atomic E-state index is 4.51. The maximum Gasteiger partial charge on any atom is 0.0703 e. The van der Waals surface area contributed by atoms with Gasteiger partial charge in [-0.3, -0.25) is 4.98 Å². The van der Waals surface area contributed by atoms with Crippen molar-refractivity contribution in [1.82, 2.24) is 4.98 Å². The molecule has 1 aliphatic carbocycles. The van der Waals surface area contributed by atoms with Crippen molar-refractivity contribution in [1.29, 1.82) is 0 Å². The van der Waals surface area contributed by atoms with Crippen molar-refractivity contribution in [2.75, 3.05) is 5.32 Å². The summed E-state index contributed by atoms with van der Waals surface area (Å²) in [5.74, 6) is 0. The molecule has 0 bridgehead atoms. The summed E-state index contributed by atoms with van der Waals surface area (Å²) in [6.07, 6.45) is 4.14. The molecule has 1 heterocycles. The molecule has 3 aromatic rings. The number of nitrogens with zero attached hydrogens (tertiary/aromatic N) is 1. The van der Waals surface area contributed by atoms with E-state index in [1.54, 1.807) is 0 Å². The van der Waals surface area contributed by atoms with Crippen LogP contribution in [0.15, 0.2) is 60.8 Å². The first-order valence-corrected chi connectivity index (χ1v) is 7.06. The highest BCUT2D eigenvalue weighted by Gasteiger charge is 2.20. The van der Waals surface area contributed by atoms with E-state index in [1.807, 2.05) is 18.3 Å². The van der Waals surface area contributed by atoms with Crippen LogP contribution in [-0.4, -0.2) is 11.0 Å². The van der Waals surface area contributed by atoms with Gasteiger partial charge in [0, 0.05) is 11.4 Å². The van der Waals surface area contributed by atoms with Crippen LogP contribution in [0.3, 0.4) is 0 Å². The van der Waals surface area contributed by atoms with Gasteiger partial charge in [0.1, 0.15) is 0 Å². The summed E-state index contributed by atoms with van der Waals surface area (Å²) in [4.78, 5) is 4.51. The summed E-state index contributed by atoms with van der Waals surface area (Å²) >= 11 is 0. The zero-order chi connectivity index (χ0) is 13.4. The van der Waals surface area contributed by atoms with Crippen LogP contribution in [0.1, 0.15) is 11.1 Å². The molecule has 0 saturated carbocycles. The predicted octanol–water partition coefficient (Wildman–Crippen LogP) is 3.81. The Balaban J connectivity index is 1.57. The first-order valence-electron chi connectivity index (χ1n) is 7.06. The summed E-state index contributed by atoms with van der Waals surface area (Å²) in [5, 5.41) is 4.81. The molecule has 0 saturated heterocycles. The molecule has 1 aromatic heterocycles. The molecule has 2 nitrogen and oxygen atoms in total. The SMILES string of the molecule is c1ccc2c(c1)CC(Nc1cnc3ccccc3c1)C2. The summed E-state index contributed by atoms with van der Waals surface area (Å²) in [6.45, 7) is 0. The number of para-hydroxylation sites is 1. The molecule has 0 spiro atoms. The van der Waals surface area contributed by atoms with E-state index >= 15 is 0 Å². The minimum absolute atomic E-state index is 0.482. The largest absolute Gasteiger partial charge is 0.380 e. The molecule has 1 aliphatic rings. The Hall–Kier alpha value is -2.35. The molecule has 2 aromatic carbocycles. The van der Waals surface area contributed by atoms with Crippen LogP contribution in [0.25, 0.3) is 10.9 Å². The number of anilines is 1. The Kier molecular flexibility index (Phi) is 2.66. The summed E-state index contributed by atoms with van der Waals surface area (Å²) in [7, 11) is 0. The van der Waals surface area contributed by atoms with Crippen molar-refractivity contribution in [2.45, 2.75) is 18.9 Å². The minimum atomic E-state index is 0.482. The van der Waals surface area contributed by atoms with Gasteiger partial charge >= 0.3 is 0 Å². The van der Waals surface area contributed by atoms with Crippen LogP contribution in [0.2, 0.25) is 0 Å². The van der Waals surface area contributed by atoms with E-state index in [0.717, 1.165) is 24.0 Å². The number of aromatic nitrogens is 1. The first-order chi connectivity index (χ1) is 9.88. The molecule has 20 heavy (non-hydrogen) atoms. The van der Waals surface area contributed by atoms with Gasteiger partial charge in [-0.05, 0) is 36.1 Å². The minimum Gasteiger partial charge on any atom is -0.380 e. The summed E-state index contributed by atoms with van der Waals surface area (Å²) in [5.41, 5.74) is 5.10. The monoisotopic (exact) mass is 260 g/mol. The topological polar surface area (TPSA) is 24.9 Å². The third-order valence-corrected chi connectivity index (χ3v) is 4.01. The molecule has 0 fully saturated rings. The normalized spacial score (nSPS) is 14.4. The zero-order valence-electron chi connectivity index (χ0n) is 11.2. The molecular formula is C18H16N2. The van der Waals surface area contributed by atoms with Crippen molar-refractivity contribution in [3.8, 4) is 0 Å². The van der Waals surface area contributed by atoms with Gasteiger partial charge in [-0.15, -0.1) is 0 Å². The Morgan fingerprint density at radius 2 is 1.60 bits per heavy atom. The quantitative estimate of drug-likeness (QED) is 0.757. The lowest BCUT2D eigenvalue weighted by atomic mass is 10.1. The molecule has 2 heteroatoms. The molecule has 0 unspecified atom stereocenters. The van der Waals surface area contributed by atoms with Crippen LogP contribution in [-0.2, 0) is 12.8 Å². The third kappa shape index (κ3) is 2.03. The molecule has 4 rings (SSSR count). The van der Waals surface area contributed by atoms with E-state index in [4.69, 9.17) is 0 Å². The number of rotatable bonds is 2. The summed E-state index contributed by atoms with van der Waals surface area (Å²) < 4.78 is 0. The number of pyridine rings is 1. The predicted molar refractivity (Wildman–Crippen MR) is 83.0 cm³/mol. The highest BCUT2D eigenvalue weighted by Crippen LogP contribution is 2.25. The number of hydrogen-bond donors (Lipinski definition) is 1. The van der Waals surface area contributed by atoms with E-state index in [0.29, 0.717) is 6.04 Å². The van der Waals surface area contributed by atoms with Crippen LogP contribution in [0.5, 0.6) is 0 Å². The Labute approximate surface area is 118 Å². The number of fused-ring (bicyclic) bond motifs is 2. The van der Waals surface area contributed by atoms with E-state index in [2.05, 4.69) is 52.8 Å². The van der Waals surface area contributed by atoms with E-state index in [9.17, 15) is 0 Å². The van der Waals surface area contributed by atoms with E-state index < -0.39 is 0 Å². The number of benzene rings is 2. The van der Waals surface area contributed by atoms with E-state index in [1.165, 1.54) is 16.5 Å². The van der Waals surface area contributed by atoms with Crippen LogP contribution in [0.4, 0.5) is 5.69 Å². The highest BCUT2D eigenvalue weighted by molar-refractivity contribution is 5.81. The van der Waals surface area contributed by atoms with Gasteiger partial charge in [-0.2, -0.15) is 0 Å². The maximum atomic E-state index is 4.51. The number of nitrogens with one attached hydrogen (secondary N) is 1. The molecule has 1 N–H and O–H groups in total. The number of hydrogen-bond acceptors (Lipinski definition) is 2. The second kappa shape index (κ2) is 4.64. The molecular weight excluding hydrogens is 244 g/mol. The fourth-order valence-corrected chi connectivity index (χ4v) is 3.05. The van der Waals surface area contributed by atoms with Gasteiger partial charge in [0.05, 0.1) is 17.4 Å². The second-order valence-corrected chi connectivity index (χ2v) is 5.43. The van der Waals surface area contributed by atoms with Gasteiger partial charge in [-0.25, -0.2) is 0 Å². The van der Waals surface area contributed by atoms with Gasteiger partial charge in [0.15, 0.2) is 0 Å². The lowest BCUT2D eigenvalue weighted by Crippen LogP contribution is -2.19. The standard InChI is InChI=1S/C18H16N2/c1-2-6-14-10-16(9-13(14)5-1)20-17-11-15-7-3-4-8-18(15)19-12-17/h1-8,11-12,16,20H,9-10H2. The van der Waals surface area contributed by atoms with Gasteiger partial charge in [0.2, 0.25) is 0 Å². The zero-order valence-corrected chi connectivity index (χ0v) is 11.2.